The maximum absolute atomic E-state index is 5.81. The number of thiophene rings is 1. The Hall–Kier alpha value is -1.10. The van der Waals surface area contributed by atoms with Crippen LogP contribution < -0.4 is 4.74 Å². The Balaban J connectivity index is 1.77. The van der Waals surface area contributed by atoms with Gasteiger partial charge in [0.2, 0.25) is 0 Å². The summed E-state index contributed by atoms with van der Waals surface area (Å²) < 4.78 is 6.94. The molecule has 0 fully saturated rings. The smallest absolute Gasteiger partial charge is 0.127 e. The van der Waals surface area contributed by atoms with Gasteiger partial charge in [-0.1, -0.05) is 46.3 Å². The first-order valence-electron chi connectivity index (χ1n) is 6.44. The average molecular weight is 424 g/mol. The van der Waals surface area contributed by atoms with Crippen molar-refractivity contribution in [1.29, 1.82) is 0 Å². The summed E-state index contributed by atoms with van der Waals surface area (Å²) in [4.78, 5) is 1.46. The molecular formula is C17H12Br2OS. The average Bonchev–Trinajstić information content (AvgIpc) is 2.94. The first kappa shape index (κ1) is 14.8. The van der Waals surface area contributed by atoms with Gasteiger partial charge in [-0.05, 0) is 57.2 Å². The molecule has 3 aromatic rings. The van der Waals surface area contributed by atoms with E-state index in [4.69, 9.17) is 4.74 Å². The van der Waals surface area contributed by atoms with E-state index < -0.39 is 0 Å². The van der Waals surface area contributed by atoms with E-state index in [1.165, 1.54) is 10.4 Å². The van der Waals surface area contributed by atoms with Gasteiger partial charge in [0.05, 0.1) is 4.83 Å². The molecule has 0 aliphatic rings. The number of rotatable bonds is 4. The molecule has 0 aliphatic carbocycles. The number of hydrogen-bond donors (Lipinski definition) is 0. The molecule has 0 saturated carbocycles. The molecular weight excluding hydrogens is 412 g/mol. The van der Waals surface area contributed by atoms with Crippen LogP contribution in [-0.4, -0.2) is 0 Å². The van der Waals surface area contributed by atoms with Crippen molar-refractivity contribution in [2.45, 2.75) is 4.83 Å². The lowest BCUT2D eigenvalue weighted by molar-refractivity contribution is 0.482. The van der Waals surface area contributed by atoms with E-state index >= 15 is 0 Å². The summed E-state index contributed by atoms with van der Waals surface area (Å²) in [5.41, 5.74) is 1.21. The largest absolute Gasteiger partial charge is 0.457 e. The van der Waals surface area contributed by atoms with Crippen molar-refractivity contribution in [2.75, 3.05) is 0 Å². The van der Waals surface area contributed by atoms with Gasteiger partial charge in [-0.2, -0.15) is 0 Å². The van der Waals surface area contributed by atoms with Gasteiger partial charge in [-0.25, -0.2) is 0 Å². The van der Waals surface area contributed by atoms with Crippen molar-refractivity contribution in [3.05, 3.63) is 81.0 Å². The molecule has 1 atom stereocenters. The fourth-order valence-corrected chi connectivity index (χ4v) is 4.75. The monoisotopic (exact) mass is 422 g/mol. The van der Waals surface area contributed by atoms with Crippen LogP contribution in [0.2, 0.25) is 0 Å². The zero-order chi connectivity index (χ0) is 14.7. The minimum Gasteiger partial charge on any atom is -0.457 e. The minimum atomic E-state index is 0.192. The summed E-state index contributed by atoms with van der Waals surface area (Å²) in [5, 5.41) is 2.08. The maximum Gasteiger partial charge on any atom is 0.127 e. The lowest BCUT2D eigenvalue weighted by atomic mass is 10.1. The highest BCUT2D eigenvalue weighted by molar-refractivity contribution is 9.11. The topological polar surface area (TPSA) is 9.23 Å². The predicted octanol–water partition coefficient (Wildman–Crippen LogP) is 6.79. The Morgan fingerprint density at radius 3 is 2.14 bits per heavy atom. The van der Waals surface area contributed by atoms with Crippen molar-refractivity contribution >= 4 is 43.2 Å². The van der Waals surface area contributed by atoms with E-state index in [1.807, 2.05) is 42.5 Å². The molecule has 0 spiro atoms. The number of alkyl halides is 1. The maximum atomic E-state index is 5.81. The molecule has 0 amide bonds. The summed E-state index contributed by atoms with van der Waals surface area (Å²) in [6, 6.07) is 20.0. The third kappa shape index (κ3) is 3.57. The van der Waals surface area contributed by atoms with Crippen molar-refractivity contribution in [3.63, 3.8) is 0 Å². The third-order valence-corrected chi connectivity index (χ3v) is 6.25. The van der Waals surface area contributed by atoms with Gasteiger partial charge < -0.3 is 4.74 Å². The molecule has 1 unspecified atom stereocenters. The molecule has 1 aromatic heterocycles. The van der Waals surface area contributed by atoms with Crippen LogP contribution in [0.25, 0.3) is 0 Å². The first-order valence-corrected chi connectivity index (χ1v) is 9.03. The number of ether oxygens (including phenoxy) is 1. The fourth-order valence-electron chi connectivity index (χ4n) is 1.97. The molecule has 2 aromatic carbocycles. The SMILES string of the molecule is Brc1ccsc1C(Br)c1ccc(Oc2ccccc2)cc1. The van der Waals surface area contributed by atoms with E-state index in [0.717, 1.165) is 16.0 Å². The second-order valence-electron chi connectivity index (χ2n) is 4.48. The fraction of sp³-hybridized carbons (Fsp3) is 0.0588. The van der Waals surface area contributed by atoms with Crippen LogP contribution in [0.3, 0.4) is 0 Å². The Labute approximate surface area is 144 Å². The van der Waals surface area contributed by atoms with Crippen LogP contribution in [0.4, 0.5) is 0 Å². The van der Waals surface area contributed by atoms with E-state index in [9.17, 15) is 0 Å². The zero-order valence-corrected chi connectivity index (χ0v) is 15.0. The summed E-state index contributed by atoms with van der Waals surface area (Å²) in [6.45, 7) is 0. The van der Waals surface area contributed by atoms with Gasteiger partial charge in [0, 0.05) is 9.35 Å². The zero-order valence-electron chi connectivity index (χ0n) is 11.0. The highest BCUT2D eigenvalue weighted by Gasteiger charge is 2.14. The Bertz CT molecular complexity index is 707. The van der Waals surface area contributed by atoms with Crippen molar-refractivity contribution in [1.82, 2.24) is 0 Å². The molecule has 1 heterocycles. The summed E-state index contributed by atoms with van der Waals surface area (Å²) in [6.07, 6.45) is 0. The molecule has 106 valence electrons. The van der Waals surface area contributed by atoms with E-state index in [2.05, 4.69) is 55.4 Å². The summed E-state index contributed by atoms with van der Waals surface area (Å²) in [5.74, 6) is 1.69. The lowest BCUT2D eigenvalue weighted by Gasteiger charge is -2.11. The van der Waals surface area contributed by atoms with Gasteiger partial charge in [-0.15, -0.1) is 11.3 Å². The predicted molar refractivity (Wildman–Crippen MR) is 95.7 cm³/mol. The number of para-hydroxylation sites is 1. The summed E-state index contributed by atoms with van der Waals surface area (Å²) >= 11 is 9.07. The van der Waals surface area contributed by atoms with Gasteiger partial charge in [-0.3, -0.25) is 0 Å². The molecule has 0 radical (unpaired) electrons. The lowest BCUT2D eigenvalue weighted by Crippen LogP contribution is -1.91. The van der Waals surface area contributed by atoms with E-state index in [-0.39, 0.29) is 4.83 Å². The van der Waals surface area contributed by atoms with Crippen LogP contribution in [0.1, 0.15) is 15.3 Å². The second kappa shape index (κ2) is 6.77. The van der Waals surface area contributed by atoms with Crippen LogP contribution >= 0.6 is 43.2 Å². The Kier molecular flexibility index (Phi) is 4.78. The number of hydrogen-bond acceptors (Lipinski definition) is 2. The molecule has 0 bridgehead atoms. The van der Waals surface area contributed by atoms with Gasteiger partial charge in [0.15, 0.2) is 0 Å². The minimum absolute atomic E-state index is 0.192. The number of benzene rings is 2. The Morgan fingerprint density at radius 2 is 1.52 bits per heavy atom. The first-order chi connectivity index (χ1) is 10.2. The molecule has 0 aliphatic heterocycles. The highest BCUT2D eigenvalue weighted by atomic mass is 79.9. The Morgan fingerprint density at radius 1 is 0.857 bits per heavy atom. The van der Waals surface area contributed by atoms with Gasteiger partial charge >= 0.3 is 0 Å². The van der Waals surface area contributed by atoms with E-state index in [1.54, 1.807) is 11.3 Å². The van der Waals surface area contributed by atoms with Crippen molar-refractivity contribution in [3.8, 4) is 11.5 Å². The highest BCUT2D eigenvalue weighted by Crippen LogP contribution is 2.39. The van der Waals surface area contributed by atoms with Crippen LogP contribution in [0.15, 0.2) is 70.5 Å². The molecule has 0 saturated heterocycles. The van der Waals surface area contributed by atoms with Crippen molar-refractivity contribution < 1.29 is 4.74 Å². The molecule has 21 heavy (non-hydrogen) atoms. The molecule has 0 N–H and O–H groups in total. The van der Waals surface area contributed by atoms with E-state index in [0.29, 0.717) is 0 Å². The van der Waals surface area contributed by atoms with Crippen LogP contribution in [0.5, 0.6) is 11.5 Å². The summed E-state index contributed by atoms with van der Waals surface area (Å²) in [7, 11) is 0. The van der Waals surface area contributed by atoms with Gasteiger partial charge in [0.25, 0.3) is 0 Å². The molecule has 1 nitrogen and oxygen atoms in total. The normalized spacial score (nSPS) is 12.1. The number of halogens is 2. The van der Waals surface area contributed by atoms with Crippen LogP contribution in [-0.2, 0) is 0 Å². The molecule has 4 heteroatoms. The van der Waals surface area contributed by atoms with Crippen LogP contribution in [0, 0.1) is 0 Å². The quantitative estimate of drug-likeness (QED) is 0.420. The third-order valence-electron chi connectivity index (χ3n) is 3.03. The molecule has 3 rings (SSSR count). The standard InChI is InChI=1S/C17H12Br2OS/c18-15-10-11-21-17(15)16(19)12-6-8-14(9-7-12)20-13-4-2-1-3-5-13/h1-11,16H. The van der Waals surface area contributed by atoms with Crippen molar-refractivity contribution in [2.24, 2.45) is 0 Å². The second-order valence-corrected chi connectivity index (χ2v) is 7.20. The van der Waals surface area contributed by atoms with Gasteiger partial charge in [0.1, 0.15) is 11.5 Å².